The Morgan fingerprint density at radius 1 is 1.03 bits per heavy atom. The van der Waals surface area contributed by atoms with Gasteiger partial charge in [0.25, 0.3) is 0 Å². The van der Waals surface area contributed by atoms with E-state index in [1.807, 2.05) is 37.3 Å². The first-order chi connectivity index (χ1) is 14.7. The van der Waals surface area contributed by atoms with Gasteiger partial charge in [0.05, 0.1) is 11.4 Å². The van der Waals surface area contributed by atoms with Crippen LogP contribution in [0.5, 0.6) is 0 Å². The molecule has 0 radical (unpaired) electrons. The maximum atomic E-state index is 12.9. The number of hydrogen-bond donors (Lipinski definition) is 1. The quantitative estimate of drug-likeness (QED) is 0.544. The number of benzene rings is 2. The number of piperazine rings is 1. The first-order valence-corrected chi connectivity index (χ1v) is 11.0. The normalized spacial score (nSPS) is 16.1. The maximum Gasteiger partial charge on any atom is 0.241 e. The molecule has 4 aromatic rings. The minimum absolute atomic E-state index is 0.0287. The van der Waals surface area contributed by atoms with Crippen LogP contribution < -0.4 is 10.2 Å². The molecular weight excluding hydrogens is 394 g/mol. The highest BCUT2D eigenvalue weighted by atomic mass is 32.1. The molecule has 2 aromatic heterocycles. The molecule has 30 heavy (non-hydrogen) atoms. The van der Waals surface area contributed by atoms with E-state index in [0.717, 1.165) is 53.3 Å². The van der Waals surface area contributed by atoms with Gasteiger partial charge in [0.1, 0.15) is 17.0 Å². The number of amides is 1. The van der Waals surface area contributed by atoms with Gasteiger partial charge in [0.2, 0.25) is 5.91 Å². The average molecular weight is 418 g/mol. The number of hydrogen-bond acceptors (Lipinski definition) is 6. The molecule has 1 amide bonds. The summed E-state index contributed by atoms with van der Waals surface area (Å²) < 4.78 is 0. The number of fused-ring (bicyclic) bond motifs is 2. The molecule has 6 nitrogen and oxygen atoms in total. The molecule has 1 fully saturated rings. The van der Waals surface area contributed by atoms with Crippen LogP contribution in [0.15, 0.2) is 60.2 Å². The largest absolute Gasteiger partial charge is 0.353 e. The van der Waals surface area contributed by atoms with E-state index in [9.17, 15) is 4.79 Å². The van der Waals surface area contributed by atoms with Crippen molar-refractivity contribution in [2.75, 3.05) is 36.4 Å². The number of thiophene rings is 1. The summed E-state index contributed by atoms with van der Waals surface area (Å²) in [7, 11) is 0. The molecule has 5 rings (SSSR count). The molecule has 1 saturated heterocycles. The summed E-state index contributed by atoms with van der Waals surface area (Å²) in [5, 5.41) is 8.54. The Morgan fingerprint density at radius 3 is 2.67 bits per heavy atom. The highest BCUT2D eigenvalue weighted by molar-refractivity contribution is 7.16. The topological polar surface area (TPSA) is 61.4 Å². The molecule has 2 aromatic carbocycles. The SMILES string of the molecule is CC(C(=O)Nc1ccc2ccccc2c1)N1CCN(c2ncnc3sccc23)CC1. The second-order valence-electron chi connectivity index (χ2n) is 7.59. The molecule has 0 aliphatic carbocycles. The van der Waals surface area contributed by atoms with Crippen LogP contribution in [0.4, 0.5) is 11.5 Å². The monoisotopic (exact) mass is 417 g/mol. The van der Waals surface area contributed by atoms with Crippen LogP contribution in [0.1, 0.15) is 6.92 Å². The van der Waals surface area contributed by atoms with Gasteiger partial charge in [-0.05, 0) is 41.3 Å². The molecule has 152 valence electrons. The molecule has 1 unspecified atom stereocenters. The van der Waals surface area contributed by atoms with E-state index in [2.05, 4.69) is 48.7 Å². The van der Waals surface area contributed by atoms with E-state index in [0.29, 0.717) is 0 Å². The zero-order chi connectivity index (χ0) is 20.5. The van der Waals surface area contributed by atoms with Crippen LogP contribution >= 0.6 is 11.3 Å². The van der Waals surface area contributed by atoms with Gasteiger partial charge in [-0.2, -0.15) is 0 Å². The number of nitrogens with one attached hydrogen (secondary N) is 1. The van der Waals surface area contributed by atoms with Gasteiger partial charge in [-0.15, -0.1) is 11.3 Å². The predicted octanol–water partition coefficient (Wildman–Crippen LogP) is 3.99. The van der Waals surface area contributed by atoms with Gasteiger partial charge in [-0.3, -0.25) is 9.69 Å². The first-order valence-electron chi connectivity index (χ1n) is 10.2. The highest BCUT2D eigenvalue weighted by Crippen LogP contribution is 2.27. The maximum absolute atomic E-state index is 12.9. The van der Waals surface area contributed by atoms with Crippen LogP contribution in [0, 0.1) is 0 Å². The lowest BCUT2D eigenvalue weighted by atomic mass is 10.1. The van der Waals surface area contributed by atoms with Gasteiger partial charge in [0, 0.05) is 31.9 Å². The predicted molar refractivity (Wildman–Crippen MR) is 123 cm³/mol. The molecule has 7 heteroatoms. The molecule has 3 heterocycles. The van der Waals surface area contributed by atoms with Crippen molar-refractivity contribution in [1.29, 1.82) is 0 Å². The zero-order valence-corrected chi connectivity index (χ0v) is 17.6. The molecule has 1 N–H and O–H groups in total. The first kappa shape index (κ1) is 19.0. The van der Waals surface area contributed by atoms with E-state index in [1.165, 1.54) is 5.39 Å². The molecule has 1 aliphatic heterocycles. The lowest BCUT2D eigenvalue weighted by Crippen LogP contribution is -2.53. The van der Waals surface area contributed by atoms with Gasteiger partial charge in [-0.1, -0.05) is 30.3 Å². The molecular formula is C23H23N5OS. The van der Waals surface area contributed by atoms with Crippen molar-refractivity contribution in [3.05, 3.63) is 60.2 Å². The zero-order valence-electron chi connectivity index (χ0n) is 16.8. The van der Waals surface area contributed by atoms with Crippen molar-refractivity contribution >= 4 is 49.7 Å². The van der Waals surface area contributed by atoms with E-state index in [1.54, 1.807) is 17.7 Å². The van der Waals surface area contributed by atoms with Crippen molar-refractivity contribution in [3.63, 3.8) is 0 Å². The summed E-state index contributed by atoms with van der Waals surface area (Å²) in [4.78, 5) is 27.3. The second kappa shape index (κ2) is 8.01. The van der Waals surface area contributed by atoms with E-state index in [4.69, 9.17) is 0 Å². The molecule has 0 spiro atoms. The smallest absolute Gasteiger partial charge is 0.241 e. The van der Waals surface area contributed by atoms with Crippen LogP contribution in [0.25, 0.3) is 21.0 Å². The Labute approximate surface area is 179 Å². The summed E-state index contributed by atoms with van der Waals surface area (Å²) in [6.45, 7) is 5.31. The Kier molecular flexibility index (Phi) is 5.06. The number of nitrogens with zero attached hydrogens (tertiary/aromatic N) is 4. The van der Waals surface area contributed by atoms with Crippen LogP contribution in [-0.2, 0) is 4.79 Å². The van der Waals surface area contributed by atoms with Crippen molar-refractivity contribution in [3.8, 4) is 0 Å². The van der Waals surface area contributed by atoms with Crippen LogP contribution in [-0.4, -0.2) is 53.0 Å². The summed E-state index contributed by atoms with van der Waals surface area (Å²) in [5.74, 6) is 1.02. The van der Waals surface area contributed by atoms with Gasteiger partial charge in [0.15, 0.2) is 0 Å². The fourth-order valence-corrected chi connectivity index (χ4v) is 4.76. The third-order valence-electron chi connectivity index (χ3n) is 5.80. The fraction of sp³-hybridized carbons (Fsp3) is 0.261. The molecule has 0 saturated carbocycles. The molecule has 1 aliphatic rings. The summed E-state index contributed by atoms with van der Waals surface area (Å²) in [5.41, 5.74) is 0.838. The van der Waals surface area contributed by atoms with Crippen LogP contribution in [0.3, 0.4) is 0 Å². The Balaban J connectivity index is 1.23. The van der Waals surface area contributed by atoms with Crippen molar-refractivity contribution in [1.82, 2.24) is 14.9 Å². The number of anilines is 2. The summed E-state index contributed by atoms with van der Waals surface area (Å²) in [6.07, 6.45) is 1.64. The lowest BCUT2D eigenvalue weighted by molar-refractivity contribution is -0.120. The van der Waals surface area contributed by atoms with Crippen molar-refractivity contribution in [2.24, 2.45) is 0 Å². The fourth-order valence-electron chi connectivity index (χ4n) is 4.03. The van der Waals surface area contributed by atoms with Crippen molar-refractivity contribution < 1.29 is 4.79 Å². The van der Waals surface area contributed by atoms with Gasteiger partial charge >= 0.3 is 0 Å². The van der Waals surface area contributed by atoms with Crippen molar-refractivity contribution in [2.45, 2.75) is 13.0 Å². The number of carbonyl (C=O) groups excluding carboxylic acids is 1. The standard InChI is InChI=1S/C23H23N5OS/c1-16(22(29)26-19-7-6-17-4-2-3-5-18(17)14-19)27-9-11-28(12-10-27)21-20-8-13-30-23(20)25-15-24-21/h2-8,13-16H,9-12H2,1H3,(H,26,29). The minimum Gasteiger partial charge on any atom is -0.353 e. The molecule has 1 atom stereocenters. The molecule has 0 bridgehead atoms. The van der Waals surface area contributed by atoms with E-state index >= 15 is 0 Å². The van der Waals surface area contributed by atoms with E-state index in [-0.39, 0.29) is 11.9 Å². The third kappa shape index (κ3) is 3.62. The lowest BCUT2D eigenvalue weighted by Gasteiger charge is -2.38. The average Bonchev–Trinajstić information content (AvgIpc) is 3.28. The minimum atomic E-state index is -0.190. The number of carbonyl (C=O) groups is 1. The number of rotatable bonds is 4. The third-order valence-corrected chi connectivity index (χ3v) is 6.62. The highest BCUT2D eigenvalue weighted by Gasteiger charge is 2.27. The Morgan fingerprint density at radius 2 is 1.83 bits per heavy atom. The summed E-state index contributed by atoms with van der Waals surface area (Å²) in [6, 6.07) is 16.1. The summed E-state index contributed by atoms with van der Waals surface area (Å²) >= 11 is 1.64. The number of aromatic nitrogens is 2. The van der Waals surface area contributed by atoms with Gasteiger partial charge < -0.3 is 10.2 Å². The Hall–Kier alpha value is -3.03. The van der Waals surface area contributed by atoms with Crippen LogP contribution in [0.2, 0.25) is 0 Å². The van der Waals surface area contributed by atoms with Gasteiger partial charge in [-0.25, -0.2) is 9.97 Å². The Bertz CT molecular complexity index is 1200. The second-order valence-corrected chi connectivity index (χ2v) is 8.48. The van der Waals surface area contributed by atoms with E-state index < -0.39 is 0 Å².